The first-order valence-corrected chi connectivity index (χ1v) is 16.7. The van der Waals surface area contributed by atoms with Crippen LogP contribution in [0.5, 0.6) is 0 Å². The van der Waals surface area contributed by atoms with Gasteiger partial charge in [-0.05, 0) is 77.6 Å². The number of benzene rings is 4. The summed E-state index contributed by atoms with van der Waals surface area (Å²) in [5.41, 5.74) is -6.49. The lowest BCUT2D eigenvalue weighted by Gasteiger charge is -2.30. The Morgan fingerprint density at radius 3 is 1.65 bits per heavy atom. The molecule has 0 spiro atoms. The van der Waals surface area contributed by atoms with Crippen LogP contribution in [0.15, 0.2) is 96.2 Å². The maximum atomic E-state index is 13.9. The van der Waals surface area contributed by atoms with Crippen LogP contribution in [0, 0.1) is 0 Å². The molecule has 0 bridgehead atoms. The highest BCUT2D eigenvalue weighted by Gasteiger charge is 2.62. The first-order chi connectivity index (χ1) is 25.4. The molecule has 294 valence electrons. The molecular formula is C38H27Cl2F12NO2. The standard InChI is InChI=1S/C19H14ClF6NO.C19H13ClF6O/c1-2-11-3-5-12(6-4-11)16-10-17(28-27-16,19(24,25)26)13-7-14(18(21,22)23)9-15(20)8-13;1-2-11-3-5-12(6-4-11)17(27)10-16(19(24,25)26)13-7-14(18(21,22)23)9-15(20)8-13/h3-9H,2,10H2,1H3;3-10H,2H2,1H3. The zero-order valence-electron chi connectivity index (χ0n) is 28.3. The van der Waals surface area contributed by atoms with E-state index in [2.05, 4.69) is 5.16 Å². The largest absolute Gasteiger partial charge is 0.435 e. The van der Waals surface area contributed by atoms with Gasteiger partial charge in [0.15, 0.2) is 5.78 Å². The van der Waals surface area contributed by atoms with Gasteiger partial charge in [-0.25, -0.2) is 0 Å². The Bertz CT molecular complexity index is 2070. The number of rotatable bonds is 7. The van der Waals surface area contributed by atoms with Crippen molar-refractivity contribution in [2.75, 3.05) is 0 Å². The Hall–Kier alpha value is -4.50. The van der Waals surface area contributed by atoms with E-state index in [1.54, 1.807) is 36.4 Å². The van der Waals surface area contributed by atoms with Gasteiger partial charge in [0, 0.05) is 27.6 Å². The van der Waals surface area contributed by atoms with Gasteiger partial charge in [0.05, 0.1) is 22.4 Å². The van der Waals surface area contributed by atoms with Crippen LogP contribution in [-0.2, 0) is 35.6 Å². The SMILES string of the molecule is CCc1ccc(C(=O)C=C(c2cc(Cl)cc(C(F)(F)F)c2)C(F)(F)F)cc1.CCc1ccc(C2=NOC(c3cc(Cl)cc(C(F)(F)F)c3)(C(F)(F)F)C2)cc1. The average molecular weight is 829 g/mol. The minimum atomic E-state index is -5.05. The summed E-state index contributed by atoms with van der Waals surface area (Å²) in [4.78, 5) is 17.0. The molecule has 1 unspecified atom stereocenters. The lowest BCUT2D eigenvalue weighted by atomic mass is 9.85. The van der Waals surface area contributed by atoms with E-state index in [9.17, 15) is 57.5 Å². The monoisotopic (exact) mass is 827 g/mol. The van der Waals surface area contributed by atoms with Crippen LogP contribution < -0.4 is 0 Å². The van der Waals surface area contributed by atoms with Crippen molar-refractivity contribution in [3.05, 3.63) is 146 Å². The summed E-state index contributed by atoms with van der Waals surface area (Å²) < 4.78 is 160. The van der Waals surface area contributed by atoms with Crippen LogP contribution >= 0.6 is 23.2 Å². The normalized spacial score (nSPS) is 16.6. The summed E-state index contributed by atoms with van der Waals surface area (Å²) in [6, 6.07) is 16.0. The number of aryl methyl sites for hydroxylation is 2. The number of alkyl halides is 12. The topological polar surface area (TPSA) is 38.7 Å². The number of hydrogen-bond donors (Lipinski definition) is 0. The fraction of sp³-hybridized carbons (Fsp3) is 0.263. The van der Waals surface area contributed by atoms with Gasteiger partial charge in [0.1, 0.15) is 0 Å². The predicted octanol–water partition coefficient (Wildman–Crippen LogP) is 13.3. The van der Waals surface area contributed by atoms with Crippen molar-refractivity contribution in [2.24, 2.45) is 5.16 Å². The van der Waals surface area contributed by atoms with Crippen molar-refractivity contribution < 1.29 is 62.3 Å². The fourth-order valence-corrected chi connectivity index (χ4v) is 5.80. The second kappa shape index (κ2) is 16.3. The highest BCUT2D eigenvalue weighted by atomic mass is 35.5. The molecule has 3 nitrogen and oxygen atoms in total. The highest BCUT2D eigenvalue weighted by molar-refractivity contribution is 6.31. The number of oxime groups is 1. The molecule has 1 aliphatic heterocycles. The third-order valence-electron chi connectivity index (χ3n) is 8.34. The van der Waals surface area contributed by atoms with E-state index >= 15 is 0 Å². The Morgan fingerprint density at radius 2 is 1.18 bits per heavy atom. The molecule has 0 fully saturated rings. The lowest BCUT2D eigenvalue weighted by Crippen LogP contribution is -2.42. The van der Waals surface area contributed by atoms with Crippen molar-refractivity contribution in [1.29, 1.82) is 0 Å². The second-order valence-corrected chi connectivity index (χ2v) is 13.0. The van der Waals surface area contributed by atoms with Gasteiger partial charge in [0.25, 0.3) is 5.60 Å². The molecule has 0 amide bonds. The van der Waals surface area contributed by atoms with Gasteiger partial charge in [-0.15, -0.1) is 0 Å². The molecule has 0 N–H and O–H groups in total. The van der Waals surface area contributed by atoms with Crippen LogP contribution in [0.4, 0.5) is 52.7 Å². The highest BCUT2D eigenvalue weighted by Crippen LogP contribution is 2.50. The second-order valence-electron chi connectivity index (χ2n) is 12.1. The van der Waals surface area contributed by atoms with Crippen molar-refractivity contribution in [2.45, 2.75) is 63.4 Å². The lowest BCUT2D eigenvalue weighted by molar-refractivity contribution is -0.276. The molecule has 1 heterocycles. The zero-order valence-corrected chi connectivity index (χ0v) is 29.8. The molecule has 1 atom stereocenters. The number of carbonyl (C=O) groups excluding carboxylic acids is 1. The molecule has 4 aromatic carbocycles. The first-order valence-electron chi connectivity index (χ1n) is 16.0. The van der Waals surface area contributed by atoms with E-state index in [1.165, 1.54) is 12.1 Å². The molecule has 17 heteroatoms. The average Bonchev–Trinajstić information content (AvgIpc) is 3.57. The Morgan fingerprint density at radius 1 is 0.691 bits per heavy atom. The summed E-state index contributed by atoms with van der Waals surface area (Å²) in [5, 5.41) is 2.56. The summed E-state index contributed by atoms with van der Waals surface area (Å²) in [6.07, 6.45) is -18.9. The molecule has 1 aliphatic rings. The van der Waals surface area contributed by atoms with Gasteiger partial charge >= 0.3 is 24.7 Å². The van der Waals surface area contributed by atoms with E-state index in [4.69, 9.17) is 28.0 Å². The number of carbonyl (C=O) groups is 1. The van der Waals surface area contributed by atoms with E-state index < -0.39 is 80.4 Å². The third-order valence-corrected chi connectivity index (χ3v) is 8.77. The number of nitrogens with zero attached hydrogens (tertiary/aromatic N) is 1. The Labute approximate surface area is 316 Å². The minimum absolute atomic E-state index is 0.00601. The van der Waals surface area contributed by atoms with Crippen molar-refractivity contribution in [3.8, 4) is 0 Å². The molecule has 5 rings (SSSR count). The molecular weight excluding hydrogens is 801 g/mol. The molecule has 0 aliphatic carbocycles. The van der Waals surface area contributed by atoms with Crippen LogP contribution in [0.1, 0.15) is 69.6 Å². The zero-order chi connectivity index (χ0) is 41.1. The van der Waals surface area contributed by atoms with Crippen molar-refractivity contribution in [1.82, 2.24) is 0 Å². The first kappa shape index (κ1) is 43.2. The Kier molecular flexibility index (Phi) is 12.8. The number of allylic oxidation sites excluding steroid dienone is 2. The van der Waals surface area contributed by atoms with Crippen LogP contribution in [-0.4, -0.2) is 23.8 Å². The smallest absolute Gasteiger partial charge is 0.374 e. The van der Waals surface area contributed by atoms with Gasteiger partial charge < -0.3 is 4.84 Å². The van der Waals surface area contributed by atoms with Gasteiger partial charge in [-0.3, -0.25) is 4.79 Å². The van der Waals surface area contributed by atoms with E-state index in [1.807, 2.05) is 13.8 Å². The number of ketones is 1. The molecule has 4 aromatic rings. The summed E-state index contributed by atoms with van der Waals surface area (Å²) in [7, 11) is 0. The maximum Gasteiger partial charge on any atom is 0.435 e. The molecule has 55 heavy (non-hydrogen) atoms. The molecule has 0 aromatic heterocycles. The van der Waals surface area contributed by atoms with E-state index in [-0.39, 0.29) is 17.4 Å². The van der Waals surface area contributed by atoms with Crippen LogP contribution in [0.25, 0.3) is 5.57 Å². The van der Waals surface area contributed by atoms with Crippen molar-refractivity contribution in [3.63, 3.8) is 0 Å². The minimum Gasteiger partial charge on any atom is -0.374 e. The molecule has 0 saturated heterocycles. The fourth-order valence-electron chi connectivity index (χ4n) is 5.33. The van der Waals surface area contributed by atoms with E-state index in [0.29, 0.717) is 36.2 Å². The van der Waals surface area contributed by atoms with Gasteiger partial charge in [0.2, 0.25) is 0 Å². The Balaban J connectivity index is 0.000000245. The quantitative estimate of drug-likeness (QED) is 0.106. The van der Waals surface area contributed by atoms with Crippen molar-refractivity contribution >= 4 is 40.3 Å². The predicted molar refractivity (Wildman–Crippen MR) is 183 cm³/mol. The van der Waals surface area contributed by atoms with Gasteiger partial charge in [-0.1, -0.05) is 90.7 Å². The van der Waals surface area contributed by atoms with Gasteiger partial charge in [-0.2, -0.15) is 52.7 Å². The maximum absolute atomic E-state index is 13.9. The molecule has 0 saturated carbocycles. The summed E-state index contributed by atoms with van der Waals surface area (Å²) in [5.74, 6) is -0.974. The number of hydrogen-bond acceptors (Lipinski definition) is 3. The van der Waals surface area contributed by atoms with Crippen LogP contribution in [0.3, 0.4) is 0 Å². The molecule has 0 radical (unpaired) electrons. The summed E-state index contributed by atoms with van der Waals surface area (Å²) >= 11 is 11.2. The third kappa shape index (κ3) is 10.4. The summed E-state index contributed by atoms with van der Waals surface area (Å²) in [6.45, 7) is 3.80. The van der Waals surface area contributed by atoms with E-state index in [0.717, 1.165) is 29.7 Å². The van der Waals surface area contributed by atoms with Crippen LogP contribution in [0.2, 0.25) is 10.0 Å². The number of halogens is 14.